The summed E-state index contributed by atoms with van der Waals surface area (Å²) < 4.78 is 25.0. The van der Waals surface area contributed by atoms with Crippen molar-refractivity contribution in [2.45, 2.75) is 19.8 Å². The molecule has 0 aliphatic heterocycles. The molecule has 0 radical (unpaired) electrons. The van der Waals surface area contributed by atoms with E-state index in [4.69, 9.17) is 5.73 Å². The van der Waals surface area contributed by atoms with Crippen molar-refractivity contribution in [1.29, 1.82) is 0 Å². The van der Waals surface area contributed by atoms with Crippen molar-refractivity contribution in [1.82, 2.24) is 9.21 Å². The summed E-state index contributed by atoms with van der Waals surface area (Å²) in [5, 5.41) is 0. The number of likely N-dealkylation sites (N-methyl/N-ethyl adjacent to an activating group) is 2. The highest BCUT2D eigenvalue weighted by molar-refractivity contribution is 7.89. The normalized spacial score (nSPS) is 11.8. The van der Waals surface area contributed by atoms with Gasteiger partial charge in [0.2, 0.25) is 15.9 Å². The van der Waals surface area contributed by atoms with Gasteiger partial charge < -0.3 is 10.6 Å². The zero-order valence-electron chi connectivity index (χ0n) is 10.8. The SMILES string of the molecule is CCN(CC(=O)N(C)C)S(=O)(=O)CCCCN. The van der Waals surface area contributed by atoms with Crippen molar-refractivity contribution in [3.05, 3.63) is 0 Å². The van der Waals surface area contributed by atoms with Crippen molar-refractivity contribution in [3.8, 4) is 0 Å². The molecule has 0 aromatic carbocycles. The lowest BCUT2D eigenvalue weighted by Gasteiger charge is -2.21. The van der Waals surface area contributed by atoms with E-state index in [0.717, 1.165) is 0 Å². The molecule has 0 aromatic heterocycles. The van der Waals surface area contributed by atoms with Crippen LogP contribution >= 0.6 is 0 Å². The van der Waals surface area contributed by atoms with Gasteiger partial charge in [0.05, 0.1) is 12.3 Å². The number of amides is 1. The molecule has 2 N–H and O–H groups in total. The zero-order valence-corrected chi connectivity index (χ0v) is 11.7. The molecule has 0 bridgehead atoms. The van der Waals surface area contributed by atoms with Crippen molar-refractivity contribution >= 4 is 15.9 Å². The number of rotatable bonds is 8. The minimum absolute atomic E-state index is 0.0543. The number of carbonyl (C=O) groups is 1. The first-order chi connectivity index (χ1) is 7.85. The summed E-state index contributed by atoms with van der Waals surface area (Å²) in [6.45, 7) is 2.43. The summed E-state index contributed by atoms with van der Waals surface area (Å²) in [4.78, 5) is 12.9. The lowest BCUT2D eigenvalue weighted by molar-refractivity contribution is -0.128. The highest BCUT2D eigenvalue weighted by atomic mass is 32.2. The van der Waals surface area contributed by atoms with E-state index in [9.17, 15) is 13.2 Å². The molecule has 0 rings (SSSR count). The maximum atomic E-state index is 11.9. The molecule has 1 amide bonds. The number of sulfonamides is 1. The van der Waals surface area contributed by atoms with Gasteiger partial charge in [0.25, 0.3) is 0 Å². The van der Waals surface area contributed by atoms with Gasteiger partial charge >= 0.3 is 0 Å². The van der Waals surface area contributed by atoms with E-state index < -0.39 is 10.0 Å². The molecule has 0 saturated heterocycles. The molecular weight excluding hydrogens is 242 g/mol. The molecule has 102 valence electrons. The number of hydrogen-bond donors (Lipinski definition) is 1. The molecule has 0 aliphatic rings. The number of nitrogens with zero attached hydrogens (tertiary/aromatic N) is 2. The first kappa shape index (κ1) is 16.3. The number of hydrogen-bond acceptors (Lipinski definition) is 4. The second-order valence-electron chi connectivity index (χ2n) is 4.03. The molecule has 0 saturated carbocycles. The molecule has 0 fully saturated rings. The van der Waals surface area contributed by atoms with Crippen LogP contribution in [-0.2, 0) is 14.8 Å². The van der Waals surface area contributed by atoms with E-state index in [-0.39, 0.29) is 18.2 Å². The fraction of sp³-hybridized carbons (Fsp3) is 0.900. The third-order valence-corrected chi connectivity index (χ3v) is 4.39. The maximum Gasteiger partial charge on any atom is 0.237 e. The third-order valence-electron chi connectivity index (χ3n) is 2.41. The Bertz CT molecular complexity index is 328. The van der Waals surface area contributed by atoms with E-state index in [1.807, 2.05) is 0 Å². The maximum absolute atomic E-state index is 11.9. The second kappa shape index (κ2) is 7.62. The van der Waals surface area contributed by atoms with Gasteiger partial charge in [-0.05, 0) is 19.4 Å². The van der Waals surface area contributed by atoms with E-state index in [1.54, 1.807) is 21.0 Å². The first-order valence-corrected chi connectivity index (χ1v) is 7.34. The Balaban J connectivity index is 4.47. The molecular formula is C10H23N3O3S. The first-order valence-electron chi connectivity index (χ1n) is 5.73. The topological polar surface area (TPSA) is 83.7 Å². The average Bonchev–Trinajstić information content (AvgIpc) is 2.25. The minimum Gasteiger partial charge on any atom is -0.348 e. The summed E-state index contributed by atoms with van der Waals surface area (Å²) in [5.41, 5.74) is 5.32. The Labute approximate surface area is 104 Å². The molecule has 6 nitrogen and oxygen atoms in total. The van der Waals surface area contributed by atoms with Gasteiger partial charge in [-0.1, -0.05) is 6.92 Å². The molecule has 0 unspecified atom stereocenters. The third kappa shape index (κ3) is 5.99. The standard InChI is InChI=1S/C10H23N3O3S/c1-4-13(9-10(14)12(2)3)17(15,16)8-6-5-7-11/h4-9,11H2,1-3H3. The lowest BCUT2D eigenvalue weighted by Crippen LogP contribution is -2.41. The number of unbranched alkanes of at least 4 members (excludes halogenated alkanes) is 1. The zero-order chi connectivity index (χ0) is 13.5. The highest BCUT2D eigenvalue weighted by Gasteiger charge is 2.22. The van der Waals surface area contributed by atoms with Gasteiger partial charge in [0.1, 0.15) is 0 Å². The van der Waals surface area contributed by atoms with Crippen LogP contribution in [0.25, 0.3) is 0 Å². The van der Waals surface area contributed by atoms with Gasteiger partial charge in [0.15, 0.2) is 0 Å². The summed E-state index contributed by atoms with van der Waals surface area (Å²) >= 11 is 0. The fourth-order valence-corrected chi connectivity index (χ4v) is 2.78. The smallest absolute Gasteiger partial charge is 0.237 e. The van der Waals surface area contributed by atoms with Crippen molar-refractivity contribution in [2.75, 3.05) is 39.5 Å². The predicted molar refractivity (Wildman–Crippen MR) is 68.0 cm³/mol. The van der Waals surface area contributed by atoms with Crippen LogP contribution in [0, 0.1) is 0 Å². The Morgan fingerprint density at radius 2 is 1.82 bits per heavy atom. The van der Waals surface area contributed by atoms with Crippen LogP contribution in [0.3, 0.4) is 0 Å². The Morgan fingerprint density at radius 3 is 2.24 bits per heavy atom. The molecule has 0 heterocycles. The fourth-order valence-electron chi connectivity index (χ4n) is 1.26. The summed E-state index contributed by atoms with van der Waals surface area (Å²) in [6, 6.07) is 0. The molecule has 17 heavy (non-hydrogen) atoms. The van der Waals surface area contributed by atoms with Crippen LogP contribution in [0.5, 0.6) is 0 Å². The van der Waals surface area contributed by atoms with Crippen LogP contribution in [0.4, 0.5) is 0 Å². The van der Waals surface area contributed by atoms with Crippen molar-refractivity contribution in [3.63, 3.8) is 0 Å². The summed E-state index contributed by atoms with van der Waals surface area (Å²) in [7, 11) is -0.126. The van der Waals surface area contributed by atoms with Crippen molar-refractivity contribution < 1.29 is 13.2 Å². The Hall–Kier alpha value is -0.660. The van der Waals surface area contributed by atoms with Gasteiger partial charge in [-0.2, -0.15) is 4.31 Å². The van der Waals surface area contributed by atoms with Crippen LogP contribution in [0.1, 0.15) is 19.8 Å². The molecule has 0 atom stereocenters. The van der Waals surface area contributed by atoms with Gasteiger partial charge in [0, 0.05) is 20.6 Å². The van der Waals surface area contributed by atoms with E-state index >= 15 is 0 Å². The molecule has 0 spiro atoms. The van der Waals surface area contributed by atoms with Crippen LogP contribution in [-0.4, -0.2) is 63.0 Å². The molecule has 0 aliphatic carbocycles. The monoisotopic (exact) mass is 265 g/mol. The van der Waals surface area contributed by atoms with Crippen LogP contribution < -0.4 is 5.73 Å². The van der Waals surface area contributed by atoms with Gasteiger partial charge in [-0.25, -0.2) is 8.42 Å². The largest absolute Gasteiger partial charge is 0.348 e. The lowest BCUT2D eigenvalue weighted by atomic mass is 10.3. The predicted octanol–water partition coefficient (Wildman–Crippen LogP) is -0.535. The number of carbonyl (C=O) groups excluding carboxylic acids is 1. The highest BCUT2D eigenvalue weighted by Crippen LogP contribution is 2.05. The minimum atomic E-state index is -3.34. The summed E-state index contributed by atoms with van der Waals surface area (Å²) in [5.74, 6) is -0.159. The Kier molecular flexibility index (Phi) is 7.33. The van der Waals surface area contributed by atoms with Crippen molar-refractivity contribution in [2.24, 2.45) is 5.73 Å². The summed E-state index contributed by atoms with van der Waals surface area (Å²) in [6.07, 6.45) is 1.21. The van der Waals surface area contributed by atoms with E-state index in [2.05, 4.69) is 0 Å². The van der Waals surface area contributed by atoms with Gasteiger partial charge in [-0.3, -0.25) is 4.79 Å². The molecule has 7 heteroatoms. The van der Waals surface area contributed by atoms with Crippen LogP contribution in [0.15, 0.2) is 0 Å². The van der Waals surface area contributed by atoms with Gasteiger partial charge in [-0.15, -0.1) is 0 Å². The van der Waals surface area contributed by atoms with Crippen LogP contribution in [0.2, 0.25) is 0 Å². The van der Waals surface area contributed by atoms with E-state index in [1.165, 1.54) is 9.21 Å². The Morgan fingerprint density at radius 1 is 1.24 bits per heavy atom. The second-order valence-corrected chi connectivity index (χ2v) is 6.11. The van der Waals surface area contributed by atoms with E-state index in [0.29, 0.717) is 25.9 Å². The molecule has 0 aromatic rings. The average molecular weight is 265 g/mol. The quantitative estimate of drug-likeness (QED) is 0.598. The number of nitrogens with two attached hydrogens (primary N) is 1.